The van der Waals surface area contributed by atoms with Crippen molar-refractivity contribution in [1.29, 1.82) is 0 Å². The zero-order valence-electron chi connectivity index (χ0n) is 18.0. The van der Waals surface area contributed by atoms with Crippen LogP contribution in [0, 0.1) is 5.92 Å². The summed E-state index contributed by atoms with van der Waals surface area (Å²) in [6.07, 6.45) is 3.62. The van der Waals surface area contributed by atoms with Crippen molar-refractivity contribution in [2.75, 3.05) is 0 Å². The summed E-state index contributed by atoms with van der Waals surface area (Å²) >= 11 is 5.33. The number of hydrogen-bond acceptors (Lipinski definition) is 6. The van der Waals surface area contributed by atoms with Gasteiger partial charge in [-0.15, -0.1) is 32.9 Å². The van der Waals surface area contributed by atoms with Crippen LogP contribution in [0.4, 0.5) is 0 Å². The minimum atomic E-state index is 0.306. The van der Waals surface area contributed by atoms with E-state index in [1.165, 1.54) is 34.4 Å². The number of hydrogen-bond donors (Lipinski definition) is 0. The predicted molar refractivity (Wildman–Crippen MR) is 132 cm³/mol. The quantitative estimate of drug-likeness (QED) is 0.284. The highest BCUT2D eigenvalue weighted by molar-refractivity contribution is 7.98. The van der Waals surface area contributed by atoms with Crippen LogP contribution in [0.5, 0.6) is 0 Å². The molecule has 1 aromatic carbocycles. The van der Waals surface area contributed by atoms with Gasteiger partial charge in [0.15, 0.2) is 11.0 Å². The van der Waals surface area contributed by atoms with E-state index in [9.17, 15) is 0 Å². The molecule has 3 heterocycles. The van der Waals surface area contributed by atoms with Crippen LogP contribution in [0.25, 0.3) is 22.0 Å². The maximum Gasteiger partial charge on any atom is 0.192 e. The molecule has 0 bridgehead atoms. The van der Waals surface area contributed by atoms with Gasteiger partial charge in [0.2, 0.25) is 0 Å². The lowest BCUT2D eigenvalue weighted by Crippen LogP contribution is -2.10. The molecule has 0 fully saturated rings. The fraction of sp³-hybridized carbons (Fsp3) is 0.375. The van der Waals surface area contributed by atoms with Crippen molar-refractivity contribution in [1.82, 2.24) is 19.7 Å². The van der Waals surface area contributed by atoms with Crippen LogP contribution in [-0.2, 0) is 18.6 Å². The van der Waals surface area contributed by atoms with E-state index in [0.717, 1.165) is 39.8 Å². The Morgan fingerprint density at radius 1 is 1.13 bits per heavy atom. The second-order valence-corrected chi connectivity index (χ2v) is 11.2. The van der Waals surface area contributed by atoms with E-state index in [-0.39, 0.29) is 0 Å². The van der Waals surface area contributed by atoms with Gasteiger partial charge in [0.1, 0.15) is 5.01 Å². The van der Waals surface area contributed by atoms with E-state index >= 15 is 0 Å². The maximum atomic E-state index is 4.83. The first-order chi connectivity index (χ1) is 15.1. The number of thiophene rings is 1. The molecule has 0 aliphatic heterocycles. The lowest BCUT2D eigenvalue weighted by Gasteiger charge is -2.19. The highest BCUT2D eigenvalue weighted by Crippen LogP contribution is 2.39. The molecule has 5 rings (SSSR count). The van der Waals surface area contributed by atoms with Gasteiger partial charge >= 0.3 is 0 Å². The van der Waals surface area contributed by atoms with E-state index in [1.54, 1.807) is 23.1 Å². The first kappa shape index (κ1) is 20.9. The third-order valence-electron chi connectivity index (χ3n) is 5.75. The highest BCUT2D eigenvalue weighted by Gasteiger charge is 2.25. The number of nitrogens with zero attached hydrogens (tertiary/aromatic N) is 4. The molecule has 0 amide bonds. The van der Waals surface area contributed by atoms with Gasteiger partial charge in [-0.1, -0.05) is 49.0 Å². The summed E-state index contributed by atoms with van der Waals surface area (Å²) in [5.41, 5.74) is 5.06. The fourth-order valence-corrected chi connectivity index (χ4v) is 7.25. The van der Waals surface area contributed by atoms with Crippen LogP contribution in [-0.4, -0.2) is 19.7 Å². The zero-order chi connectivity index (χ0) is 21.4. The van der Waals surface area contributed by atoms with Gasteiger partial charge in [-0.3, -0.25) is 4.57 Å². The summed E-state index contributed by atoms with van der Waals surface area (Å²) in [6.45, 7) is 6.79. The predicted octanol–water partition coefficient (Wildman–Crippen LogP) is 7.13. The number of fused-ring (bicyclic) bond motifs is 1. The standard InChI is InChI=1S/C24H26N4S3/c1-15(2)28-22(20-14-29-21-11-16(3)9-10-19(20)21)26-27-24(28)31-13-18-12-30-23(25-18)17-7-5-4-6-8-17/h4-8,12,14-16H,9-11,13H2,1-3H3. The lowest BCUT2D eigenvalue weighted by atomic mass is 9.88. The molecule has 160 valence electrons. The number of thioether (sulfide) groups is 1. The average Bonchev–Trinajstić information content (AvgIpc) is 3.50. The van der Waals surface area contributed by atoms with Gasteiger partial charge in [0, 0.05) is 38.6 Å². The Morgan fingerprint density at radius 2 is 1.97 bits per heavy atom. The SMILES string of the molecule is CC1CCc2c(-c3nnc(SCc4csc(-c5ccccc5)n4)n3C(C)C)csc2C1. The smallest absolute Gasteiger partial charge is 0.192 e. The monoisotopic (exact) mass is 466 g/mol. The van der Waals surface area contributed by atoms with Crippen LogP contribution >= 0.6 is 34.4 Å². The summed E-state index contributed by atoms with van der Waals surface area (Å²) in [6, 6.07) is 10.7. The van der Waals surface area contributed by atoms with Gasteiger partial charge < -0.3 is 0 Å². The van der Waals surface area contributed by atoms with Gasteiger partial charge in [-0.05, 0) is 44.6 Å². The normalized spacial score (nSPS) is 16.1. The van der Waals surface area contributed by atoms with Crippen LogP contribution in [0.15, 0.2) is 46.2 Å². The Hall–Kier alpha value is -1.96. The summed E-state index contributed by atoms with van der Waals surface area (Å²) in [4.78, 5) is 6.37. The fourth-order valence-electron chi connectivity index (χ4n) is 4.11. The van der Waals surface area contributed by atoms with E-state index < -0.39 is 0 Å². The Kier molecular flexibility index (Phi) is 5.99. The molecule has 0 N–H and O–H groups in total. The Balaban J connectivity index is 1.38. The van der Waals surface area contributed by atoms with Gasteiger partial charge in [-0.25, -0.2) is 4.98 Å². The molecule has 4 nitrogen and oxygen atoms in total. The molecular weight excluding hydrogens is 440 g/mol. The van der Waals surface area contributed by atoms with Crippen molar-refractivity contribution in [3.63, 3.8) is 0 Å². The van der Waals surface area contributed by atoms with Crippen LogP contribution in [0.3, 0.4) is 0 Å². The Labute approximate surface area is 195 Å². The van der Waals surface area contributed by atoms with E-state index in [4.69, 9.17) is 4.98 Å². The molecule has 31 heavy (non-hydrogen) atoms. The maximum absolute atomic E-state index is 4.83. The van der Waals surface area contributed by atoms with Crippen molar-refractivity contribution >= 4 is 34.4 Å². The van der Waals surface area contributed by atoms with E-state index in [2.05, 4.69) is 70.6 Å². The molecule has 1 aliphatic rings. The molecule has 1 unspecified atom stereocenters. The van der Waals surface area contributed by atoms with Crippen molar-refractivity contribution in [3.8, 4) is 22.0 Å². The Bertz CT molecular complexity index is 1170. The van der Waals surface area contributed by atoms with Crippen molar-refractivity contribution in [2.24, 2.45) is 5.92 Å². The van der Waals surface area contributed by atoms with Gasteiger partial charge in [0.05, 0.1) is 5.69 Å². The second kappa shape index (κ2) is 8.88. The molecular formula is C24H26N4S3. The zero-order valence-corrected chi connectivity index (χ0v) is 20.5. The minimum absolute atomic E-state index is 0.306. The molecule has 1 atom stereocenters. The Morgan fingerprint density at radius 3 is 2.77 bits per heavy atom. The molecule has 4 aromatic rings. The molecule has 0 saturated carbocycles. The summed E-state index contributed by atoms with van der Waals surface area (Å²) in [5, 5.41) is 15.7. The number of aromatic nitrogens is 4. The third-order valence-corrected chi connectivity index (χ3v) is 8.71. The first-order valence-corrected chi connectivity index (χ1v) is 13.5. The lowest BCUT2D eigenvalue weighted by molar-refractivity contribution is 0.507. The highest BCUT2D eigenvalue weighted by atomic mass is 32.2. The average molecular weight is 467 g/mol. The molecule has 3 aromatic heterocycles. The molecule has 7 heteroatoms. The molecule has 0 spiro atoms. The van der Waals surface area contributed by atoms with Gasteiger partial charge in [-0.2, -0.15) is 0 Å². The number of rotatable bonds is 6. The van der Waals surface area contributed by atoms with Crippen molar-refractivity contribution < 1.29 is 0 Å². The van der Waals surface area contributed by atoms with Crippen molar-refractivity contribution in [2.45, 2.75) is 57.0 Å². The molecule has 0 radical (unpaired) electrons. The topological polar surface area (TPSA) is 43.6 Å². The molecule has 1 aliphatic carbocycles. The minimum Gasteiger partial charge on any atom is -0.299 e. The van der Waals surface area contributed by atoms with E-state index in [1.807, 2.05) is 17.4 Å². The number of thiazole rings is 1. The van der Waals surface area contributed by atoms with Crippen LogP contribution in [0.1, 0.15) is 49.4 Å². The summed E-state index contributed by atoms with van der Waals surface area (Å²) in [5.74, 6) is 2.60. The first-order valence-electron chi connectivity index (χ1n) is 10.8. The van der Waals surface area contributed by atoms with Crippen LogP contribution < -0.4 is 0 Å². The van der Waals surface area contributed by atoms with Crippen LogP contribution in [0.2, 0.25) is 0 Å². The second-order valence-electron chi connectivity index (χ2n) is 8.47. The van der Waals surface area contributed by atoms with E-state index in [0.29, 0.717) is 6.04 Å². The molecule has 0 saturated heterocycles. The number of benzene rings is 1. The largest absolute Gasteiger partial charge is 0.299 e. The summed E-state index contributed by atoms with van der Waals surface area (Å²) < 4.78 is 2.30. The summed E-state index contributed by atoms with van der Waals surface area (Å²) in [7, 11) is 0. The van der Waals surface area contributed by atoms with Gasteiger partial charge in [0.25, 0.3) is 0 Å². The van der Waals surface area contributed by atoms with Crippen molar-refractivity contribution in [3.05, 3.63) is 57.2 Å². The third kappa shape index (κ3) is 4.23.